The van der Waals surface area contributed by atoms with Crippen LogP contribution in [0.4, 0.5) is 4.79 Å². The first kappa shape index (κ1) is 19.8. The summed E-state index contributed by atoms with van der Waals surface area (Å²) >= 11 is 11.9. The summed E-state index contributed by atoms with van der Waals surface area (Å²) in [6.07, 6.45) is -1.49. The van der Waals surface area contributed by atoms with Gasteiger partial charge >= 0.3 is 6.09 Å². The number of alkyl carbamates (subject to hydrolysis) is 1. The van der Waals surface area contributed by atoms with Gasteiger partial charge in [-0.3, -0.25) is 0 Å². The number of halogens is 2. The first-order chi connectivity index (χ1) is 14.0. The van der Waals surface area contributed by atoms with Crippen LogP contribution >= 0.6 is 23.2 Å². The van der Waals surface area contributed by atoms with E-state index < -0.39 is 12.2 Å². The number of amides is 1. The predicted molar refractivity (Wildman–Crippen MR) is 114 cm³/mol. The molecule has 0 heterocycles. The van der Waals surface area contributed by atoms with E-state index in [1.54, 1.807) is 18.2 Å². The van der Waals surface area contributed by atoms with Crippen molar-refractivity contribution in [3.8, 4) is 11.1 Å². The summed E-state index contributed by atoms with van der Waals surface area (Å²) in [4.78, 5) is 12.2. The van der Waals surface area contributed by atoms with Gasteiger partial charge in [0.15, 0.2) is 0 Å². The second kappa shape index (κ2) is 8.46. The number of nitrogens with one attached hydrogen (secondary N) is 1. The minimum absolute atomic E-state index is 0.00635. The van der Waals surface area contributed by atoms with Gasteiger partial charge in [-0.05, 0) is 39.9 Å². The third-order valence-electron chi connectivity index (χ3n) is 5.11. The highest BCUT2D eigenvalue weighted by Gasteiger charge is 2.29. The first-order valence-electron chi connectivity index (χ1n) is 9.26. The highest BCUT2D eigenvalue weighted by Crippen LogP contribution is 2.44. The quantitative estimate of drug-likeness (QED) is 0.559. The molecule has 4 rings (SSSR count). The molecule has 2 N–H and O–H groups in total. The van der Waals surface area contributed by atoms with Crippen molar-refractivity contribution in [2.24, 2.45) is 0 Å². The third-order valence-corrected chi connectivity index (χ3v) is 5.85. The summed E-state index contributed by atoms with van der Waals surface area (Å²) in [7, 11) is 0. The van der Waals surface area contributed by atoms with E-state index in [1.165, 1.54) is 11.1 Å². The second-order valence-electron chi connectivity index (χ2n) is 6.90. The van der Waals surface area contributed by atoms with Crippen LogP contribution in [-0.4, -0.2) is 24.4 Å². The molecule has 1 amide bonds. The molecule has 6 heteroatoms. The van der Waals surface area contributed by atoms with Gasteiger partial charge in [-0.25, -0.2) is 4.79 Å². The standard InChI is InChI=1S/C23H19Cl2NO3/c24-20-10-9-14(11-21(20)25)22(27)12-26-23(28)29-13-19-17-7-3-1-5-15(17)16-6-2-4-8-18(16)19/h1-11,19,22,27H,12-13H2,(H,26,28). The molecule has 0 aromatic heterocycles. The smallest absolute Gasteiger partial charge is 0.407 e. The Bertz CT molecular complexity index is 1010. The summed E-state index contributed by atoms with van der Waals surface area (Å²) < 4.78 is 5.46. The van der Waals surface area contributed by atoms with Gasteiger partial charge < -0.3 is 15.2 Å². The highest BCUT2D eigenvalue weighted by molar-refractivity contribution is 6.42. The van der Waals surface area contributed by atoms with Gasteiger partial charge in [0.05, 0.1) is 22.7 Å². The molecule has 3 aromatic rings. The summed E-state index contributed by atoms with van der Waals surface area (Å²) in [6, 6.07) is 21.2. The van der Waals surface area contributed by atoms with Crippen LogP contribution in [-0.2, 0) is 4.74 Å². The van der Waals surface area contributed by atoms with E-state index in [9.17, 15) is 9.90 Å². The summed E-state index contributed by atoms with van der Waals surface area (Å²) in [5.41, 5.74) is 5.22. The number of aliphatic hydroxyl groups excluding tert-OH is 1. The van der Waals surface area contributed by atoms with Crippen molar-refractivity contribution in [2.45, 2.75) is 12.0 Å². The number of hydrogen-bond donors (Lipinski definition) is 2. The molecule has 0 fully saturated rings. The Labute approximate surface area is 179 Å². The molecule has 148 valence electrons. The van der Waals surface area contributed by atoms with E-state index in [4.69, 9.17) is 27.9 Å². The van der Waals surface area contributed by atoms with E-state index in [0.717, 1.165) is 11.1 Å². The molecular formula is C23H19Cl2NO3. The molecule has 1 atom stereocenters. The van der Waals surface area contributed by atoms with Crippen LogP contribution in [0.1, 0.15) is 28.7 Å². The maximum Gasteiger partial charge on any atom is 0.407 e. The summed E-state index contributed by atoms with van der Waals surface area (Å²) in [6.45, 7) is 0.233. The molecule has 29 heavy (non-hydrogen) atoms. The molecule has 0 radical (unpaired) electrons. The molecule has 1 aliphatic carbocycles. The fourth-order valence-electron chi connectivity index (χ4n) is 3.67. The van der Waals surface area contributed by atoms with E-state index in [-0.39, 0.29) is 19.1 Å². The third kappa shape index (κ3) is 4.10. The summed E-state index contributed by atoms with van der Waals surface area (Å²) in [5, 5.41) is 13.6. The number of aliphatic hydroxyl groups is 1. The number of carbonyl (C=O) groups is 1. The van der Waals surface area contributed by atoms with E-state index >= 15 is 0 Å². The molecule has 0 bridgehead atoms. The Hall–Kier alpha value is -2.53. The van der Waals surface area contributed by atoms with Gasteiger partial charge in [-0.1, -0.05) is 77.8 Å². The van der Waals surface area contributed by atoms with Gasteiger partial charge in [-0.15, -0.1) is 0 Å². The van der Waals surface area contributed by atoms with Crippen LogP contribution < -0.4 is 5.32 Å². The van der Waals surface area contributed by atoms with Crippen molar-refractivity contribution in [1.29, 1.82) is 0 Å². The molecule has 0 spiro atoms. The Morgan fingerprint density at radius 2 is 1.59 bits per heavy atom. The molecular weight excluding hydrogens is 409 g/mol. The second-order valence-corrected chi connectivity index (χ2v) is 7.71. The predicted octanol–water partition coefficient (Wildman–Crippen LogP) is 5.57. The Morgan fingerprint density at radius 3 is 2.21 bits per heavy atom. The zero-order chi connectivity index (χ0) is 20.4. The molecule has 4 nitrogen and oxygen atoms in total. The topological polar surface area (TPSA) is 58.6 Å². The molecule has 1 aliphatic rings. The lowest BCUT2D eigenvalue weighted by atomic mass is 9.98. The lowest BCUT2D eigenvalue weighted by Crippen LogP contribution is -2.30. The van der Waals surface area contributed by atoms with Gasteiger partial charge in [0.25, 0.3) is 0 Å². The average molecular weight is 428 g/mol. The van der Waals surface area contributed by atoms with Crippen molar-refractivity contribution in [2.75, 3.05) is 13.2 Å². The Morgan fingerprint density at radius 1 is 0.966 bits per heavy atom. The summed E-state index contributed by atoms with van der Waals surface area (Å²) in [5.74, 6) is -0.00635. The Balaban J connectivity index is 1.37. The van der Waals surface area contributed by atoms with Crippen molar-refractivity contribution in [3.05, 3.63) is 93.5 Å². The molecule has 0 saturated heterocycles. The van der Waals surface area contributed by atoms with Crippen LogP contribution in [0.25, 0.3) is 11.1 Å². The van der Waals surface area contributed by atoms with Crippen LogP contribution in [0.3, 0.4) is 0 Å². The number of carbonyl (C=O) groups excluding carboxylic acids is 1. The number of rotatable bonds is 5. The van der Waals surface area contributed by atoms with Crippen molar-refractivity contribution >= 4 is 29.3 Å². The minimum Gasteiger partial charge on any atom is -0.449 e. The number of ether oxygens (including phenoxy) is 1. The lowest BCUT2D eigenvalue weighted by Gasteiger charge is -2.16. The zero-order valence-corrected chi connectivity index (χ0v) is 17.0. The highest BCUT2D eigenvalue weighted by atomic mass is 35.5. The van der Waals surface area contributed by atoms with Crippen LogP contribution in [0.2, 0.25) is 10.0 Å². The minimum atomic E-state index is -0.912. The average Bonchev–Trinajstić information content (AvgIpc) is 3.06. The molecule has 1 unspecified atom stereocenters. The van der Waals surface area contributed by atoms with Gasteiger partial charge in [0.1, 0.15) is 6.61 Å². The van der Waals surface area contributed by atoms with Crippen LogP contribution in [0.15, 0.2) is 66.7 Å². The maximum atomic E-state index is 12.2. The Kier molecular flexibility index (Phi) is 5.76. The largest absolute Gasteiger partial charge is 0.449 e. The normalized spacial score (nSPS) is 13.5. The molecule has 3 aromatic carbocycles. The SMILES string of the molecule is O=C(NCC(O)c1ccc(Cl)c(Cl)c1)OCC1c2ccccc2-c2ccccc21. The van der Waals surface area contributed by atoms with Crippen molar-refractivity contribution in [3.63, 3.8) is 0 Å². The zero-order valence-electron chi connectivity index (χ0n) is 15.4. The van der Waals surface area contributed by atoms with Crippen molar-refractivity contribution in [1.82, 2.24) is 5.32 Å². The van der Waals surface area contributed by atoms with Crippen molar-refractivity contribution < 1.29 is 14.6 Å². The van der Waals surface area contributed by atoms with Gasteiger partial charge in [-0.2, -0.15) is 0 Å². The molecule has 0 saturated carbocycles. The fraction of sp³-hybridized carbons (Fsp3) is 0.174. The molecule has 0 aliphatic heterocycles. The van der Waals surface area contributed by atoms with Gasteiger partial charge in [0, 0.05) is 5.92 Å². The lowest BCUT2D eigenvalue weighted by molar-refractivity contribution is 0.128. The number of hydrogen-bond acceptors (Lipinski definition) is 3. The first-order valence-corrected chi connectivity index (χ1v) is 10.0. The van der Waals surface area contributed by atoms with E-state index in [1.807, 2.05) is 24.3 Å². The van der Waals surface area contributed by atoms with Gasteiger partial charge in [0.2, 0.25) is 0 Å². The monoisotopic (exact) mass is 427 g/mol. The number of benzene rings is 3. The fourth-order valence-corrected chi connectivity index (χ4v) is 3.97. The van der Waals surface area contributed by atoms with Crippen LogP contribution in [0, 0.1) is 0 Å². The number of fused-ring (bicyclic) bond motifs is 3. The maximum absolute atomic E-state index is 12.2. The van der Waals surface area contributed by atoms with E-state index in [2.05, 4.69) is 29.6 Å². The van der Waals surface area contributed by atoms with E-state index in [0.29, 0.717) is 15.6 Å². The van der Waals surface area contributed by atoms with Crippen LogP contribution in [0.5, 0.6) is 0 Å².